The van der Waals surface area contributed by atoms with E-state index in [2.05, 4.69) is 13.8 Å². The molecule has 0 bridgehead atoms. The zero-order valence-corrected chi connectivity index (χ0v) is 26.6. The summed E-state index contributed by atoms with van der Waals surface area (Å²) < 4.78 is 27.4. The molecule has 45 heavy (non-hydrogen) atoms. The number of carbonyl (C=O) groups excluding carboxylic acids is 3. The Morgan fingerprint density at radius 2 is 0.889 bits per heavy atom. The molecule has 3 aromatic carbocycles. The molecule has 0 aromatic heterocycles. The van der Waals surface area contributed by atoms with E-state index in [1.807, 2.05) is 0 Å². The van der Waals surface area contributed by atoms with E-state index in [1.165, 1.54) is 44.2 Å². The summed E-state index contributed by atoms with van der Waals surface area (Å²) >= 11 is 0. The highest BCUT2D eigenvalue weighted by Gasteiger charge is 2.13. The molecular weight excluding hydrogens is 572 g/mol. The van der Waals surface area contributed by atoms with Crippen LogP contribution >= 0.6 is 0 Å². The Hall–Kier alpha value is -4.17. The molecule has 8 heteroatoms. The SMILES string of the molecule is CCCCCCCCCOCCC(=O)Oc1ccc(C(=O)Oc2ccc(OC(=O)c3ccc(OCCCCC)cc3)cc2)cc1. The van der Waals surface area contributed by atoms with Gasteiger partial charge in [0, 0.05) is 6.61 Å². The molecular formula is C37H46O8. The van der Waals surface area contributed by atoms with Gasteiger partial charge in [-0.15, -0.1) is 0 Å². The molecule has 0 aliphatic heterocycles. The van der Waals surface area contributed by atoms with Crippen LogP contribution in [0.3, 0.4) is 0 Å². The van der Waals surface area contributed by atoms with Crippen molar-refractivity contribution in [2.24, 2.45) is 0 Å². The van der Waals surface area contributed by atoms with Crippen LogP contribution in [0.15, 0.2) is 72.8 Å². The lowest BCUT2D eigenvalue weighted by molar-refractivity contribution is -0.135. The Kier molecular flexibility index (Phi) is 16.3. The van der Waals surface area contributed by atoms with Gasteiger partial charge in [0.25, 0.3) is 0 Å². The Morgan fingerprint density at radius 1 is 0.467 bits per heavy atom. The molecule has 0 saturated heterocycles. The number of esters is 3. The monoisotopic (exact) mass is 618 g/mol. The van der Waals surface area contributed by atoms with Gasteiger partial charge in [-0.3, -0.25) is 4.79 Å². The highest BCUT2D eigenvalue weighted by molar-refractivity contribution is 5.92. The summed E-state index contributed by atoms with van der Waals surface area (Å²) in [6.45, 7) is 5.96. The minimum Gasteiger partial charge on any atom is -0.494 e. The molecule has 0 fully saturated rings. The summed E-state index contributed by atoms with van der Waals surface area (Å²) in [7, 11) is 0. The molecule has 8 nitrogen and oxygen atoms in total. The van der Waals surface area contributed by atoms with Crippen molar-refractivity contribution >= 4 is 17.9 Å². The van der Waals surface area contributed by atoms with E-state index >= 15 is 0 Å². The minimum absolute atomic E-state index is 0.159. The zero-order chi connectivity index (χ0) is 32.1. The molecule has 0 radical (unpaired) electrons. The van der Waals surface area contributed by atoms with Crippen LogP contribution in [0.2, 0.25) is 0 Å². The zero-order valence-electron chi connectivity index (χ0n) is 26.6. The summed E-state index contributed by atoms with van der Waals surface area (Å²) in [5.41, 5.74) is 0.689. The Balaban J connectivity index is 1.34. The number of rotatable bonds is 21. The van der Waals surface area contributed by atoms with Gasteiger partial charge in [0.1, 0.15) is 23.0 Å². The second kappa shape index (κ2) is 20.7. The second-order valence-corrected chi connectivity index (χ2v) is 10.8. The molecule has 3 aromatic rings. The van der Waals surface area contributed by atoms with Crippen LogP contribution in [0.25, 0.3) is 0 Å². The van der Waals surface area contributed by atoms with Crippen molar-refractivity contribution in [1.82, 2.24) is 0 Å². The van der Waals surface area contributed by atoms with Gasteiger partial charge in [-0.2, -0.15) is 0 Å². The fraction of sp³-hybridized carbons (Fsp3) is 0.432. The minimum atomic E-state index is -0.576. The van der Waals surface area contributed by atoms with Crippen LogP contribution in [0.5, 0.6) is 23.0 Å². The second-order valence-electron chi connectivity index (χ2n) is 10.8. The molecule has 0 aliphatic carbocycles. The maximum atomic E-state index is 12.6. The number of hydrogen-bond donors (Lipinski definition) is 0. The number of carbonyl (C=O) groups is 3. The highest BCUT2D eigenvalue weighted by Crippen LogP contribution is 2.22. The van der Waals surface area contributed by atoms with E-state index < -0.39 is 17.9 Å². The van der Waals surface area contributed by atoms with Crippen LogP contribution < -0.4 is 18.9 Å². The lowest BCUT2D eigenvalue weighted by atomic mass is 10.1. The molecule has 0 spiro atoms. The van der Waals surface area contributed by atoms with Crippen molar-refractivity contribution < 1.29 is 38.1 Å². The van der Waals surface area contributed by atoms with Crippen molar-refractivity contribution in [1.29, 1.82) is 0 Å². The predicted molar refractivity (Wildman–Crippen MR) is 173 cm³/mol. The largest absolute Gasteiger partial charge is 0.494 e. The van der Waals surface area contributed by atoms with E-state index in [9.17, 15) is 14.4 Å². The maximum absolute atomic E-state index is 12.6. The van der Waals surface area contributed by atoms with Crippen molar-refractivity contribution in [3.63, 3.8) is 0 Å². The van der Waals surface area contributed by atoms with E-state index in [4.69, 9.17) is 23.7 Å². The van der Waals surface area contributed by atoms with Crippen molar-refractivity contribution in [2.45, 2.75) is 84.5 Å². The Labute approximate surface area is 267 Å². The van der Waals surface area contributed by atoms with Gasteiger partial charge < -0.3 is 23.7 Å². The van der Waals surface area contributed by atoms with Gasteiger partial charge in [0.15, 0.2) is 0 Å². The standard InChI is InChI=1S/C37H46O8/c1-3-5-7-8-9-10-12-26-41-28-25-35(38)43-32-19-15-30(16-20-32)37(40)45-34-23-21-33(22-24-34)44-36(39)29-13-17-31(18-14-29)42-27-11-6-4-2/h13-24H,3-12,25-28H2,1-2H3. The summed E-state index contributed by atoms with van der Waals surface area (Å²) in [4.78, 5) is 37.2. The summed E-state index contributed by atoms with van der Waals surface area (Å²) in [5.74, 6) is 0.172. The summed E-state index contributed by atoms with van der Waals surface area (Å²) in [6, 6.07) is 19.1. The molecule has 0 N–H and O–H groups in total. The number of unbranched alkanes of at least 4 members (excludes halogenated alkanes) is 8. The van der Waals surface area contributed by atoms with Gasteiger partial charge in [-0.25, -0.2) is 9.59 Å². The first-order valence-electron chi connectivity index (χ1n) is 16.1. The lowest BCUT2D eigenvalue weighted by Crippen LogP contribution is -2.12. The van der Waals surface area contributed by atoms with E-state index in [0.29, 0.717) is 48.2 Å². The Bertz CT molecular complexity index is 1280. The van der Waals surface area contributed by atoms with Crippen LogP contribution in [0.1, 0.15) is 105 Å². The number of hydrogen-bond acceptors (Lipinski definition) is 8. The molecule has 0 atom stereocenters. The van der Waals surface area contributed by atoms with E-state index in [-0.39, 0.29) is 12.2 Å². The normalized spacial score (nSPS) is 10.7. The van der Waals surface area contributed by atoms with Crippen LogP contribution in [-0.4, -0.2) is 37.7 Å². The van der Waals surface area contributed by atoms with Crippen LogP contribution in [0.4, 0.5) is 0 Å². The quantitative estimate of drug-likeness (QED) is 0.0664. The summed E-state index contributed by atoms with van der Waals surface area (Å²) in [6.07, 6.45) is 11.9. The molecule has 0 heterocycles. The van der Waals surface area contributed by atoms with Crippen LogP contribution in [-0.2, 0) is 9.53 Å². The molecule has 0 unspecified atom stereocenters. The Morgan fingerprint density at radius 3 is 1.44 bits per heavy atom. The molecule has 0 saturated carbocycles. The molecule has 0 aliphatic rings. The molecule has 242 valence electrons. The average Bonchev–Trinajstić information content (AvgIpc) is 3.05. The third kappa shape index (κ3) is 14.0. The molecule has 3 rings (SSSR count). The first kappa shape index (κ1) is 35.3. The lowest BCUT2D eigenvalue weighted by Gasteiger charge is -2.09. The summed E-state index contributed by atoms with van der Waals surface area (Å²) in [5, 5.41) is 0. The van der Waals surface area contributed by atoms with Crippen molar-refractivity contribution in [2.75, 3.05) is 19.8 Å². The third-order valence-corrected chi connectivity index (χ3v) is 7.02. The number of benzene rings is 3. The number of ether oxygens (including phenoxy) is 5. The van der Waals surface area contributed by atoms with Crippen LogP contribution in [0, 0.1) is 0 Å². The first-order chi connectivity index (χ1) is 22.0. The highest BCUT2D eigenvalue weighted by atomic mass is 16.5. The molecule has 0 amide bonds. The van der Waals surface area contributed by atoms with Gasteiger partial charge in [-0.05, 0) is 85.6 Å². The van der Waals surface area contributed by atoms with E-state index in [0.717, 1.165) is 32.1 Å². The smallest absolute Gasteiger partial charge is 0.343 e. The first-order valence-corrected chi connectivity index (χ1v) is 16.1. The van der Waals surface area contributed by atoms with Gasteiger partial charge >= 0.3 is 17.9 Å². The third-order valence-electron chi connectivity index (χ3n) is 7.02. The average molecular weight is 619 g/mol. The van der Waals surface area contributed by atoms with Gasteiger partial charge in [0.2, 0.25) is 0 Å². The fourth-order valence-corrected chi connectivity index (χ4v) is 4.40. The van der Waals surface area contributed by atoms with Crippen molar-refractivity contribution in [3.05, 3.63) is 83.9 Å². The van der Waals surface area contributed by atoms with E-state index in [1.54, 1.807) is 60.7 Å². The van der Waals surface area contributed by atoms with Gasteiger partial charge in [-0.1, -0.05) is 65.2 Å². The topological polar surface area (TPSA) is 97.4 Å². The fourth-order valence-electron chi connectivity index (χ4n) is 4.40. The van der Waals surface area contributed by atoms with Gasteiger partial charge in [0.05, 0.1) is 30.8 Å². The maximum Gasteiger partial charge on any atom is 0.343 e. The van der Waals surface area contributed by atoms with Crippen molar-refractivity contribution in [3.8, 4) is 23.0 Å². The predicted octanol–water partition coefficient (Wildman–Crippen LogP) is 8.76.